The first-order valence-electron chi connectivity index (χ1n) is 5.56. The van der Waals surface area contributed by atoms with Crippen molar-refractivity contribution in [1.82, 2.24) is 9.78 Å². The van der Waals surface area contributed by atoms with E-state index in [1.807, 2.05) is 0 Å². The SMILES string of the molecule is Nc1nn(-c2cc(F)ccc2F)c2c1COCC2. The van der Waals surface area contributed by atoms with Gasteiger partial charge in [0.2, 0.25) is 0 Å². The summed E-state index contributed by atoms with van der Waals surface area (Å²) in [6, 6.07) is 3.26. The maximum absolute atomic E-state index is 13.7. The van der Waals surface area contributed by atoms with E-state index in [1.54, 1.807) is 0 Å². The highest BCUT2D eigenvalue weighted by Crippen LogP contribution is 2.26. The summed E-state index contributed by atoms with van der Waals surface area (Å²) in [5.74, 6) is -0.747. The number of aromatic nitrogens is 2. The van der Waals surface area contributed by atoms with Crippen molar-refractivity contribution in [2.24, 2.45) is 0 Å². The molecule has 0 amide bonds. The van der Waals surface area contributed by atoms with Gasteiger partial charge in [0.25, 0.3) is 0 Å². The number of halogens is 2. The van der Waals surface area contributed by atoms with Crippen LogP contribution in [0.1, 0.15) is 11.3 Å². The Kier molecular flexibility index (Phi) is 2.52. The van der Waals surface area contributed by atoms with Gasteiger partial charge in [0.15, 0.2) is 5.82 Å². The molecule has 0 radical (unpaired) electrons. The minimum atomic E-state index is -0.534. The van der Waals surface area contributed by atoms with E-state index >= 15 is 0 Å². The fourth-order valence-electron chi connectivity index (χ4n) is 2.11. The lowest BCUT2D eigenvalue weighted by atomic mass is 10.1. The first kappa shape index (κ1) is 11.2. The van der Waals surface area contributed by atoms with Crippen LogP contribution in [0.5, 0.6) is 0 Å². The van der Waals surface area contributed by atoms with Crippen LogP contribution in [0.25, 0.3) is 5.69 Å². The predicted octanol–water partition coefficient (Wildman–Crippen LogP) is 1.81. The molecule has 0 atom stereocenters. The van der Waals surface area contributed by atoms with Gasteiger partial charge in [-0.2, -0.15) is 0 Å². The van der Waals surface area contributed by atoms with Crippen molar-refractivity contribution in [3.05, 3.63) is 41.1 Å². The fraction of sp³-hybridized carbons (Fsp3) is 0.250. The van der Waals surface area contributed by atoms with Gasteiger partial charge in [-0.1, -0.05) is 0 Å². The van der Waals surface area contributed by atoms with Gasteiger partial charge < -0.3 is 10.5 Å². The van der Waals surface area contributed by atoms with Gasteiger partial charge in [0.05, 0.1) is 18.9 Å². The van der Waals surface area contributed by atoms with Crippen LogP contribution in [0.15, 0.2) is 18.2 Å². The van der Waals surface area contributed by atoms with Gasteiger partial charge in [0, 0.05) is 18.1 Å². The second kappa shape index (κ2) is 4.06. The molecule has 0 bridgehead atoms. The molecule has 0 fully saturated rings. The number of nitrogens with zero attached hydrogens (tertiary/aromatic N) is 2. The number of benzene rings is 1. The molecule has 2 aromatic rings. The van der Waals surface area contributed by atoms with Crippen LogP contribution in [0.2, 0.25) is 0 Å². The van der Waals surface area contributed by atoms with Crippen LogP contribution < -0.4 is 5.73 Å². The molecule has 0 aliphatic carbocycles. The maximum atomic E-state index is 13.7. The Morgan fingerprint density at radius 1 is 1.33 bits per heavy atom. The molecule has 1 aromatic carbocycles. The molecule has 0 saturated carbocycles. The van der Waals surface area contributed by atoms with Crippen molar-refractivity contribution in [2.45, 2.75) is 13.0 Å². The topological polar surface area (TPSA) is 53.1 Å². The Hall–Kier alpha value is -1.95. The monoisotopic (exact) mass is 251 g/mol. The molecule has 0 saturated heterocycles. The van der Waals surface area contributed by atoms with Crippen molar-refractivity contribution in [3.8, 4) is 5.69 Å². The zero-order valence-corrected chi connectivity index (χ0v) is 9.49. The van der Waals surface area contributed by atoms with E-state index in [0.29, 0.717) is 25.5 Å². The van der Waals surface area contributed by atoms with Crippen molar-refractivity contribution >= 4 is 5.82 Å². The Morgan fingerprint density at radius 2 is 2.17 bits per heavy atom. The van der Waals surface area contributed by atoms with Gasteiger partial charge in [0.1, 0.15) is 17.3 Å². The van der Waals surface area contributed by atoms with Crippen LogP contribution in [-0.4, -0.2) is 16.4 Å². The summed E-state index contributed by atoms with van der Waals surface area (Å²) in [7, 11) is 0. The summed E-state index contributed by atoms with van der Waals surface area (Å²) in [6.45, 7) is 0.882. The predicted molar refractivity (Wildman–Crippen MR) is 61.3 cm³/mol. The van der Waals surface area contributed by atoms with E-state index in [1.165, 1.54) is 4.68 Å². The standard InChI is InChI=1S/C12H11F2N3O/c13-7-1-2-9(14)11(5-7)17-10-3-4-18-6-8(10)12(15)16-17/h1-2,5H,3-4,6H2,(H2,15,16). The highest BCUT2D eigenvalue weighted by Gasteiger charge is 2.22. The number of hydrogen-bond acceptors (Lipinski definition) is 3. The van der Waals surface area contributed by atoms with Crippen LogP contribution in [0.3, 0.4) is 0 Å². The van der Waals surface area contributed by atoms with Gasteiger partial charge in [-0.05, 0) is 12.1 Å². The summed E-state index contributed by atoms with van der Waals surface area (Å²) in [6.07, 6.45) is 0.579. The minimum Gasteiger partial charge on any atom is -0.382 e. The molecule has 4 nitrogen and oxygen atoms in total. The van der Waals surface area contributed by atoms with E-state index in [4.69, 9.17) is 10.5 Å². The molecule has 3 rings (SSSR count). The van der Waals surface area contributed by atoms with E-state index in [-0.39, 0.29) is 5.69 Å². The third-order valence-corrected chi connectivity index (χ3v) is 2.99. The first-order valence-corrected chi connectivity index (χ1v) is 5.56. The number of fused-ring (bicyclic) bond motifs is 1. The first-order chi connectivity index (χ1) is 8.66. The minimum absolute atomic E-state index is 0.0739. The second-order valence-corrected chi connectivity index (χ2v) is 4.12. The fourth-order valence-corrected chi connectivity index (χ4v) is 2.11. The lowest BCUT2D eigenvalue weighted by Gasteiger charge is -2.14. The normalized spacial score (nSPS) is 14.6. The smallest absolute Gasteiger partial charge is 0.151 e. The molecular formula is C12H11F2N3O. The zero-order valence-electron chi connectivity index (χ0n) is 9.49. The molecule has 1 aromatic heterocycles. The van der Waals surface area contributed by atoms with Crippen LogP contribution in [0, 0.1) is 11.6 Å². The Balaban J connectivity index is 2.20. The molecule has 18 heavy (non-hydrogen) atoms. The van der Waals surface area contributed by atoms with E-state index in [0.717, 1.165) is 29.5 Å². The zero-order chi connectivity index (χ0) is 12.7. The summed E-state index contributed by atoms with van der Waals surface area (Å²) in [5.41, 5.74) is 7.37. The molecule has 0 unspecified atom stereocenters. The second-order valence-electron chi connectivity index (χ2n) is 4.12. The summed E-state index contributed by atoms with van der Waals surface area (Å²) >= 11 is 0. The number of hydrogen-bond donors (Lipinski definition) is 1. The highest BCUT2D eigenvalue weighted by molar-refractivity contribution is 5.48. The summed E-state index contributed by atoms with van der Waals surface area (Å²) in [5, 5.41) is 4.07. The van der Waals surface area contributed by atoms with Crippen molar-refractivity contribution < 1.29 is 13.5 Å². The van der Waals surface area contributed by atoms with Gasteiger partial charge in [-0.15, -0.1) is 5.10 Å². The maximum Gasteiger partial charge on any atom is 0.151 e. The highest BCUT2D eigenvalue weighted by atomic mass is 19.1. The van der Waals surface area contributed by atoms with E-state index in [9.17, 15) is 8.78 Å². The van der Waals surface area contributed by atoms with E-state index < -0.39 is 11.6 Å². The van der Waals surface area contributed by atoms with Crippen molar-refractivity contribution in [1.29, 1.82) is 0 Å². The van der Waals surface area contributed by atoms with Crippen molar-refractivity contribution in [3.63, 3.8) is 0 Å². The summed E-state index contributed by atoms with van der Waals surface area (Å²) in [4.78, 5) is 0. The number of rotatable bonds is 1. The third-order valence-electron chi connectivity index (χ3n) is 2.99. The summed E-state index contributed by atoms with van der Waals surface area (Å²) < 4.78 is 33.6. The Labute approximate surface area is 102 Å². The molecule has 0 spiro atoms. The number of nitrogens with two attached hydrogens (primary N) is 1. The molecule has 94 valence electrons. The number of nitrogen functional groups attached to an aromatic ring is 1. The quantitative estimate of drug-likeness (QED) is 0.840. The lowest BCUT2D eigenvalue weighted by molar-refractivity contribution is 0.110. The molecule has 6 heteroatoms. The molecule has 1 aliphatic heterocycles. The van der Waals surface area contributed by atoms with Gasteiger partial charge >= 0.3 is 0 Å². The third kappa shape index (κ3) is 1.65. The molecular weight excluding hydrogens is 240 g/mol. The average Bonchev–Trinajstić information content (AvgIpc) is 2.71. The largest absolute Gasteiger partial charge is 0.382 e. The Morgan fingerprint density at radius 3 is 3.00 bits per heavy atom. The molecule has 2 heterocycles. The molecule has 2 N–H and O–H groups in total. The lowest BCUT2D eigenvalue weighted by Crippen LogP contribution is -2.14. The van der Waals surface area contributed by atoms with Crippen LogP contribution in [0.4, 0.5) is 14.6 Å². The molecule has 1 aliphatic rings. The Bertz CT molecular complexity index is 610. The van der Waals surface area contributed by atoms with E-state index in [2.05, 4.69) is 5.10 Å². The van der Waals surface area contributed by atoms with Crippen molar-refractivity contribution in [2.75, 3.05) is 12.3 Å². The van der Waals surface area contributed by atoms with Crippen LogP contribution >= 0.6 is 0 Å². The van der Waals surface area contributed by atoms with Crippen LogP contribution in [-0.2, 0) is 17.8 Å². The average molecular weight is 251 g/mol. The van der Waals surface area contributed by atoms with Gasteiger partial charge in [-0.3, -0.25) is 0 Å². The van der Waals surface area contributed by atoms with Gasteiger partial charge in [-0.25, -0.2) is 13.5 Å². The number of ether oxygens (including phenoxy) is 1. The number of anilines is 1.